The first-order valence-corrected chi connectivity index (χ1v) is 6.97. The normalized spacial score (nSPS) is 12.9. The monoisotopic (exact) mass is 317 g/mol. The van der Waals surface area contributed by atoms with Crippen LogP contribution in [0.4, 0.5) is 4.79 Å². The Labute approximate surface area is 128 Å². The summed E-state index contributed by atoms with van der Waals surface area (Å²) in [5.41, 5.74) is 0. The van der Waals surface area contributed by atoms with Crippen LogP contribution in [0.5, 0.6) is 0 Å². The fourth-order valence-corrected chi connectivity index (χ4v) is 1.53. The summed E-state index contributed by atoms with van der Waals surface area (Å²) in [5, 5.41) is 22.0. The van der Waals surface area contributed by atoms with Gasteiger partial charge in [0.2, 0.25) is 11.8 Å². The molecule has 0 fully saturated rings. The van der Waals surface area contributed by atoms with E-state index in [0.717, 1.165) is 11.3 Å². The molecular weight excluding hydrogens is 294 g/mol. The second-order valence-electron chi connectivity index (χ2n) is 4.78. The Balaban J connectivity index is 4.63. The molecule has 0 rings (SSSR count). The predicted molar refractivity (Wildman–Crippen MR) is 76.9 cm³/mol. The van der Waals surface area contributed by atoms with Crippen molar-refractivity contribution >= 4 is 23.8 Å². The van der Waals surface area contributed by atoms with Gasteiger partial charge in [-0.3, -0.25) is 14.5 Å². The zero-order chi connectivity index (χ0) is 17.3. The largest absolute Gasteiger partial charge is 0.480 e. The van der Waals surface area contributed by atoms with Gasteiger partial charge in [-0.25, -0.2) is 9.59 Å². The molecule has 0 aliphatic rings. The molecule has 0 aliphatic heterocycles. The maximum Gasteiger partial charge on any atom is 0.328 e. The minimum absolute atomic E-state index is 0.237. The number of carbonyl (C=O) groups excluding carboxylic acids is 3. The van der Waals surface area contributed by atoms with Gasteiger partial charge in [0, 0.05) is 13.5 Å². The third-order valence-corrected chi connectivity index (χ3v) is 2.89. The quantitative estimate of drug-likeness (QED) is 0.467. The second-order valence-corrected chi connectivity index (χ2v) is 4.78. The summed E-state index contributed by atoms with van der Waals surface area (Å²) >= 11 is 0. The van der Waals surface area contributed by atoms with Crippen LogP contribution in [0.15, 0.2) is 0 Å². The molecule has 1 unspecified atom stereocenters. The molecule has 4 amide bonds. The van der Waals surface area contributed by atoms with E-state index < -0.39 is 42.5 Å². The summed E-state index contributed by atoms with van der Waals surface area (Å²) < 4.78 is 0. The standard InChI is InChI=1S/C13H23N3O6/c1-4-5-6-16(9(3)18)13(22)14-8(2)11(19)15-10(7-17)12(20)21/h8,10,17H,4-7H2,1-3H3,(H,14,22)(H,15,19)(H,20,21)/t8-,10?/m0/s1. The van der Waals surface area contributed by atoms with Crippen molar-refractivity contribution in [3.63, 3.8) is 0 Å². The van der Waals surface area contributed by atoms with Crippen LogP contribution in [0.25, 0.3) is 0 Å². The number of hydrogen-bond acceptors (Lipinski definition) is 5. The van der Waals surface area contributed by atoms with Crippen molar-refractivity contribution in [2.45, 2.75) is 45.7 Å². The number of imide groups is 1. The van der Waals surface area contributed by atoms with E-state index in [0.29, 0.717) is 6.42 Å². The smallest absolute Gasteiger partial charge is 0.328 e. The Morgan fingerprint density at radius 1 is 1.18 bits per heavy atom. The predicted octanol–water partition coefficient (Wildman–Crippen LogP) is -0.705. The first-order chi connectivity index (χ1) is 10.2. The molecule has 0 aromatic carbocycles. The van der Waals surface area contributed by atoms with E-state index in [1.807, 2.05) is 6.92 Å². The molecule has 0 aromatic rings. The molecule has 0 radical (unpaired) electrons. The lowest BCUT2D eigenvalue weighted by molar-refractivity contribution is -0.143. The summed E-state index contributed by atoms with van der Waals surface area (Å²) in [6, 6.07) is -3.22. The first-order valence-electron chi connectivity index (χ1n) is 6.97. The number of rotatable bonds is 8. The lowest BCUT2D eigenvalue weighted by Crippen LogP contribution is -2.54. The minimum atomic E-state index is -1.45. The van der Waals surface area contributed by atoms with E-state index in [1.54, 1.807) is 0 Å². The van der Waals surface area contributed by atoms with Crippen LogP contribution in [0.2, 0.25) is 0 Å². The SMILES string of the molecule is CCCCN(C(C)=O)C(=O)N[C@@H](C)C(=O)NC(CO)C(=O)O. The molecule has 0 aliphatic carbocycles. The Morgan fingerprint density at radius 2 is 1.77 bits per heavy atom. The van der Waals surface area contributed by atoms with Gasteiger partial charge >= 0.3 is 12.0 Å². The highest BCUT2D eigenvalue weighted by atomic mass is 16.4. The molecule has 0 spiro atoms. The number of urea groups is 1. The van der Waals surface area contributed by atoms with E-state index in [-0.39, 0.29) is 6.54 Å². The zero-order valence-corrected chi connectivity index (χ0v) is 13.0. The zero-order valence-electron chi connectivity index (χ0n) is 13.0. The maximum atomic E-state index is 11.9. The first kappa shape index (κ1) is 19.8. The molecule has 22 heavy (non-hydrogen) atoms. The average Bonchev–Trinajstić information content (AvgIpc) is 2.43. The van der Waals surface area contributed by atoms with Gasteiger partial charge in [-0.1, -0.05) is 13.3 Å². The minimum Gasteiger partial charge on any atom is -0.480 e. The van der Waals surface area contributed by atoms with Crippen molar-refractivity contribution in [2.24, 2.45) is 0 Å². The third-order valence-electron chi connectivity index (χ3n) is 2.89. The number of aliphatic hydroxyl groups excluding tert-OH is 1. The highest BCUT2D eigenvalue weighted by Gasteiger charge is 2.25. The number of nitrogens with one attached hydrogen (secondary N) is 2. The van der Waals surface area contributed by atoms with Gasteiger partial charge in [0.05, 0.1) is 6.61 Å². The highest BCUT2D eigenvalue weighted by molar-refractivity contribution is 5.96. The number of unbranched alkanes of at least 4 members (excludes halogenated alkanes) is 1. The topological polar surface area (TPSA) is 136 Å². The molecule has 4 N–H and O–H groups in total. The molecule has 9 heteroatoms. The van der Waals surface area contributed by atoms with Crippen LogP contribution < -0.4 is 10.6 Å². The van der Waals surface area contributed by atoms with Crippen molar-refractivity contribution in [1.82, 2.24) is 15.5 Å². The molecule has 0 heterocycles. The second kappa shape index (κ2) is 9.72. The number of amides is 4. The van der Waals surface area contributed by atoms with Crippen molar-refractivity contribution in [1.29, 1.82) is 0 Å². The molecule has 126 valence electrons. The molecule has 0 saturated carbocycles. The summed E-state index contributed by atoms with van der Waals surface area (Å²) in [5.74, 6) is -2.60. The lowest BCUT2D eigenvalue weighted by Gasteiger charge is -2.22. The van der Waals surface area contributed by atoms with E-state index >= 15 is 0 Å². The fraction of sp³-hybridized carbons (Fsp3) is 0.692. The number of aliphatic carboxylic acids is 1. The number of carboxylic acid groups (broad SMARTS) is 1. The Kier molecular flexibility index (Phi) is 8.76. The van der Waals surface area contributed by atoms with Crippen LogP contribution in [0.1, 0.15) is 33.6 Å². The van der Waals surface area contributed by atoms with E-state index in [1.165, 1.54) is 13.8 Å². The molecule has 0 saturated heterocycles. The number of carbonyl (C=O) groups is 4. The van der Waals surface area contributed by atoms with Crippen LogP contribution >= 0.6 is 0 Å². The van der Waals surface area contributed by atoms with Crippen molar-refractivity contribution in [3.05, 3.63) is 0 Å². The summed E-state index contributed by atoms with van der Waals surface area (Å²) in [4.78, 5) is 46.8. The molecule has 0 aromatic heterocycles. The van der Waals surface area contributed by atoms with E-state index in [2.05, 4.69) is 10.6 Å². The van der Waals surface area contributed by atoms with Crippen molar-refractivity contribution in [2.75, 3.05) is 13.2 Å². The highest BCUT2D eigenvalue weighted by Crippen LogP contribution is 1.98. The number of aliphatic hydroxyl groups is 1. The molecule has 0 bridgehead atoms. The maximum absolute atomic E-state index is 11.9. The number of carboxylic acids is 1. The third kappa shape index (κ3) is 6.53. The summed E-state index contributed by atoms with van der Waals surface area (Å²) in [6.07, 6.45) is 1.43. The Morgan fingerprint density at radius 3 is 2.18 bits per heavy atom. The van der Waals surface area contributed by atoms with Gasteiger partial charge in [0.25, 0.3) is 0 Å². The Hall–Kier alpha value is -2.16. The van der Waals surface area contributed by atoms with Gasteiger partial charge < -0.3 is 20.8 Å². The lowest BCUT2D eigenvalue weighted by atomic mass is 10.2. The fourth-order valence-electron chi connectivity index (χ4n) is 1.53. The van der Waals surface area contributed by atoms with Crippen LogP contribution in [0, 0.1) is 0 Å². The van der Waals surface area contributed by atoms with Crippen molar-refractivity contribution in [3.8, 4) is 0 Å². The molecule has 9 nitrogen and oxygen atoms in total. The average molecular weight is 317 g/mol. The summed E-state index contributed by atoms with van der Waals surface area (Å²) in [7, 11) is 0. The van der Waals surface area contributed by atoms with Gasteiger partial charge in [0.15, 0.2) is 0 Å². The van der Waals surface area contributed by atoms with Crippen LogP contribution in [0.3, 0.4) is 0 Å². The van der Waals surface area contributed by atoms with Gasteiger partial charge in [-0.05, 0) is 13.3 Å². The van der Waals surface area contributed by atoms with Crippen LogP contribution in [-0.4, -0.2) is 64.2 Å². The molecular formula is C13H23N3O6. The van der Waals surface area contributed by atoms with E-state index in [9.17, 15) is 19.2 Å². The van der Waals surface area contributed by atoms with Crippen molar-refractivity contribution < 1.29 is 29.4 Å². The molecule has 2 atom stereocenters. The number of hydrogen-bond donors (Lipinski definition) is 4. The van der Waals surface area contributed by atoms with Gasteiger partial charge in [0.1, 0.15) is 12.1 Å². The van der Waals surface area contributed by atoms with Gasteiger partial charge in [-0.15, -0.1) is 0 Å². The van der Waals surface area contributed by atoms with Gasteiger partial charge in [-0.2, -0.15) is 0 Å². The summed E-state index contributed by atoms with van der Waals surface area (Å²) in [6.45, 7) is 3.97. The van der Waals surface area contributed by atoms with Crippen LogP contribution in [-0.2, 0) is 14.4 Å². The Bertz CT molecular complexity index is 426. The number of nitrogens with zero attached hydrogens (tertiary/aromatic N) is 1. The van der Waals surface area contributed by atoms with E-state index in [4.69, 9.17) is 10.2 Å².